The van der Waals surface area contributed by atoms with E-state index in [1.165, 1.54) is 19.2 Å². The number of carbonyl (C=O) groups is 1. The first-order valence-corrected chi connectivity index (χ1v) is 6.96. The molecule has 2 aromatic rings. The SMILES string of the molecule is COc1ccc(F)cc1CCNC(=O)OCc1ccccc1. The van der Waals surface area contributed by atoms with E-state index in [4.69, 9.17) is 9.47 Å². The maximum atomic E-state index is 13.2. The number of ether oxygens (including phenoxy) is 2. The highest BCUT2D eigenvalue weighted by molar-refractivity contribution is 5.67. The molecule has 2 aromatic carbocycles. The molecule has 116 valence electrons. The smallest absolute Gasteiger partial charge is 0.407 e. The molecule has 1 N–H and O–H groups in total. The van der Waals surface area contributed by atoms with Gasteiger partial charge in [-0.15, -0.1) is 0 Å². The lowest BCUT2D eigenvalue weighted by molar-refractivity contribution is 0.140. The van der Waals surface area contributed by atoms with Crippen LogP contribution >= 0.6 is 0 Å². The van der Waals surface area contributed by atoms with Crippen LogP contribution in [0.5, 0.6) is 5.75 Å². The highest BCUT2D eigenvalue weighted by Crippen LogP contribution is 2.19. The second-order valence-corrected chi connectivity index (χ2v) is 4.69. The van der Waals surface area contributed by atoms with Gasteiger partial charge in [-0.1, -0.05) is 30.3 Å². The summed E-state index contributed by atoms with van der Waals surface area (Å²) in [5, 5.41) is 2.63. The minimum Gasteiger partial charge on any atom is -0.496 e. The van der Waals surface area contributed by atoms with Crippen LogP contribution in [0.15, 0.2) is 48.5 Å². The summed E-state index contributed by atoms with van der Waals surface area (Å²) in [6, 6.07) is 13.7. The first-order valence-electron chi connectivity index (χ1n) is 6.96. The van der Waals surface area contributed by atoms with Crippen LogP contribution in [-0.2, 0) is 17.8 Å². The third-order valence-electron chi connectivity index (χ3n) is 3.12. The van der Waals surface area contributed by atoms with Crippen LogP contribution < -0.4 is 10.1 Å². The molecule has 1 amide bonds. The Kier molecular flexibility index (Phi) is 5.77. The summed E-state index contributed by atoms with van der Waals surface area (Å²) in [7, 11) is 1.53. The zero-order chi connectivity index (χ0) is 15.8. The minimum absolute atomic E-state index is 0.218. The summed E-state index contributed by atoms with van der Waals surface area (Å²) in [5.41, 5.74) is 1.62. The quantitative estimate of drug-likeness (QED) is 0.890. The van der Waals surface area contributed by atoms with E-state index in [2.05, 4.69) is 5.32 Å². The van der Waals surface area contributed by atoms with Gasteiger partial charge in [-0.25, -0.2) is 9.18 Å². The molecule has 0 aromatic heterocycles. The third-order valence-corrected chi connectivity index (χ3v) is 3.12. The third kappa shape index (κ3) is 4.77. The molecule has 0 atom stereocenters. The molecule has 0 fully saturated rings. The molecule has 0 aliphatic rings. The molecule has 22 heavy (non-hydrogen) atoms. The van der Waals surface area contributed by atoms with Crippen LogP contribution in [0.4, 0.5) is 9.18 Å². The van der Waals surface area contributed by atoms with Gasteiger partial charge in [0.05, 0.1) is 7.11 Å². The van der Waals surface area contributed by atoms with Gasteiger partial charge in [0, 0.05) is 6.54 Å². The number of hydrogen-bond donors (Lipinski definition) is 1. The van der Waals surface area contributed by atoms with Gasteiger partial charge in [0.25, 0.3) is 0 Å². The van der Waals surface area contributed by atoms with Crippen molar-refractivity contribution in [2.75, 3.05) is 13.7 Å². The molecule has 2 rings (SSSR count). The number of rotatable bonds is 6. The summed E-state index contributed by atoms with van der Waals surface area (Å²) < 4.78 is 23.5. The second kappa shape index (κ2) is 8.02. The Balaban J connectivity index is 1.76. The molecule has 0 saturated heterocycles. The Labute approximate surface area is 128 Å². The van der Waals surface area contributed by atoms with E-state index in [9.17, 15) is 9.18 Å². The van der Waals surface area contributed by atoms with Crippen molar-refractivity contribution in [1.29, 1.82) is 0 Å². The van der Waals surface area contributed by atoms with E-state index in [0.29, 0.717) is 24.3 Å². The Bertz CT molecular complexity index is 617. The molecule has 4 nitrogen and oxygen atoms in total. The van der Waals surface area contributed by atoms with Crippen LogP contribution in [0.1, 0.15) is 11.1 Å². The van der Waals surface area contributed by atoms with Crippen molar-refractivity contribution in [3.8, 4) is 5.75 Å². The van der Waals surface area contributed by atoms with Crippen LogP contribution in [0, 0.1) is 5.82 Å². The zero-order valence-corrected chi connectivity index (χ0v) is 12.3. The van der Waals surface area contributed by atoms with Crippen LogP contribution in [0.25, 0.3) is 0 Å². The fourth-order valence-corrected chi connectivity index (χ4v) is 2.02. The molecule has 0 aliphatic heterocycles. The number of carbonyl (C=O) groups excluding carboxylic acids is 1. The lowest BCUT2D eigenvalue weighted by atomic mass is 10.1. The molecular formula is C17H18FNO3. The molecule has 0 aliphatic carbocycles. The Morgan fingerprint density at radius 3 is 2.68 bits per heavy atom. The molecular weight excluding hydrogens is 285 g/mol. The van der Waals surface area contributed by atoms with Gasteiger partial charge in [-0.05, 0) is 35.7 Å². The van der Waals surface area contributed by atoms with Gasteiger partial charge in [0.15, 0.2) is 0 Å². The normalized spacial score (nSPS) is 10.1. The molecule has 5 heteroatoms. The highest BCUT2D eigenvalue weighted by Gasteiger charge is 2.06. The van der Waals surface area contributed by atoms with Gasteiger partial charge < -0.3 is 14.8 Å². The number of alkyl carbamates (subject to hydrolysis) is 1. The molecule has 0 unspecified atom stereocenters. The van der Waals surface area contributed by atoms with Crippen LogP contribution in [0.3, 0.4) is 0 Å². The van der Waals surface area contributed by atoms with Crippen molar-refractivity contribution in [1.82, 2.24) is 5.32 Å². The number of halogens is 1. The summed E-state index contributed by atoms with van der Waals surface area (Å²) in [6.45, 7) is 0.559. The second-order valence-electron chi connectivity index (χ2n) is 4.69. The van der Waals surface area contributed by atoms with Crippen molar-refractivity contribution in [3.63, 3.8) is 0 Å². The standard InChI is InChI=1S/C17H18FNO3/c1-21-16-8-7-15(18)11-14(16)9-10-19-17(20)22-12-13-5-3-2-4-6-13/h2-8,11H,9-10,12H2,1H3,(H,19,20). The summed E-state index contributed by atoms with van der Waals surface area (Å²) in [5.74, 6) is 0.267. The highest BCUT2D eigenvalue weighted by atomic mass is 19.1. The maximum Gasteiger partial charge on any atom is 0.407 e. The first-order chi connectivity index (χ1) is 10.7. The largest absolute Gasteiger partial charge is 0.496 e. The maximum absolute atomic E-state index is 13.2. The summed E-state index contributed by atoms with van der Waals surface area (Å²) >= 11 is 0. The minimum atomic E-state index is -0.501. The van der Waals surface area contributed by atoms with Gasteiger partial charge in [-0.3, -0.25) is 0 Å². The summed E-state index contributed by atoms with van der Waals surface area (Å²) in [6.07, 6.45) is -0.0410. The predicted molar refractivity (Wildman–Crippen MR) is 81.3 cm³/mol. The Hall–Kier alpha value is -2.56. The number of benzene rings is 2. The van der Waals surface area contributed by atoms with Crippen molar-refractivity contribution >= 4 is 6.09 Å². The molecule has 0 radical (unpaired) electrons. The average Bonchev–Trinajstić information content (AvgIpc) is 2.54. The van der Waals surface area contributed by atoms with Gasteiger partial charge in [0.1, 0.15) is 18.2 Å². The van der Waals surface area contributed by atoms with E-state index in [0.717, 1.165) is 5.56 Å². The van der Waals surface area contributed by atoms with E-state index in [1.807, 2.05) is 30.3 Å². The van der Waals surface area contributed by atoms with Crippen LogP contribution in [-0.4, -0.2) is 19.7 Å². The molecule has 0 bridgehead atoms. The van der Waals surface area contributed by atoms with Gasteiger partial charge in [0.2, 0.25) is 0 Å². The number of amides is 1. The average molecular weight is 303 g/mol. The van der Waals surface area contributed by atoms with Crippen LogP contribution in [0.2, 0.25) is 0 Å². The molecule has 0 heterocycles. The van der Waals surface area contributed by atoms with Crippen molar-refractivity contribution in [3.05, 3.63) is 65.5 Å². The lowest BCUT2D eigenvalue weighted by Gasteiger charge is -2.10. The van der Waals surface area contributed by atoms with Crippen molar-refractivity contribution in [2.45, 2.75) is 13.0 Å². The number of nitrogens with one attached hydrogen (secondary N) is 1. The predicted octanol–water partition coefficient (Wildman–Crippen LogP) is 3.30. The Morgan fingerprint density at radius 1 is 1.18 bits per heavy atom. The number of hydrogen-bond acceptors (Lipinski definition) is 3. The van der Waals surface area contributed by atoms with E-state index < -0.39 is 6.09 Å². The van der Waals surface area contributed by atoms with Crippen molar-refractivity contribution in [2.24, 2.45) is 0 Å². The van der Waals surface area contributed by atoms with E-state index in [-0.39, 0.29) is 12.4 Å². The topological polar surface area (TPSA) is 47.6 Å². The van der Waals surface area contributed by atoms with E-state index >= 15 is 0 Å². The fraction of sp³-hybridized carbons (Fsp3) is 0.235. The Morgan fingerprint density at radius 2 is 1.95 bits per heavy atom. The molecule has 0 spiro atoms. The zero-order valence-electron chi connectivity index (χ0n) is 12.3. The monoisotopic (exact) mass is 303 g/mol. The number of methoxy groups -OCH3 is 1. The summed E-state index contributed by atoms with van der Waals surface area (Å²) in [4.78, 5) is 11.6. The van der Waals surface area contributed by atoms with Crippen molar-refractivity contribution < 1.29 is 18.7 Å². The van der Waals surface area contributed by atoms with E-state index in [1.54, 1.807) is 6.07 Å². The van der Waals surface area contributed by atoms with Gasteiger partial charge in [-0.2, -0.15) is 0 Å². The first kappa shape index (κ1) is 15.8. The lowest BCUT2D eigenvalue weighted by Crippen LogP contribution is -2.26. The van der Waals surface area contributed by atoms with Gasteiger partial charge >= 0.3 is 6.09 Å². The fourth-order valence-electron chi connectivity index (χ4n) is 2.02. The molecule has 0 saturated carbocycles.